The van der Waals surface area contributed by atoms with E-state index in [1.165, 1.54) is 16.2 Å². The lowest BCUT2D eigenvalue weighted by molar-refractivity contribution is -0.122. The van der Waals surface area contributed by atoms with E-state index in [-0.39, 0.29) is 11.8 Å². The third-order valence-electron chi connectivity index (χ3n) is 4.48. The van der Waals surface area contributed by atoms with Gasteiger partial charge in [0.2, 0.25) is 5.91 Å². The molecule has 1 aromatic heterocycles. The summed E-state index contributed by atoms with van der Waals surface area (Å²) in [4.78, 5) is 11.2. The summed E-state index contributed by atoms with van der Waals surface area (Å²) < 4.78 is 1.48. The molecule has 1 aliphatic carbocycles. The lowest BCUT2D eigenvalue weighted by atomic mass is 9.85. The van der Waals surface area contributed by atoms with Gasteiger partial charge in [0, 0.05) is 23.3 Å². The van der Waals surface area contributed by atoms with Crippen molar-refractivity contribution >= 4 is 29.0 Å². The Morgan fingerprint density at radius 3 is 2.80 bits per heavy atom. The van der Waals surface area contributed by atoms with Gasteiger partial charge in [0.25, 0.3) is 0 Å². The van der Waals surface area contributed by atoms with Crippen molar-refractivity contribution in [1.82, 2.24) is 5.32 Å². The predicted molar refractivity (Wildman–Crippen MR) is 85.1 cm³/mol. The van der Waals surface area contributed by atoms with Gasteiger partial charge >= 0.3 is 0 Å². The van der Waals surface area contributed by atoms with Gasteiger partial charge in [-0.2, -0.15) is 0 Å². The molecule has 110 valence electrons. The summed E-state index contributed by atoms with van der Waals surface area (Å²) in [5.74, 6) is -0.0168. The van der Waals surface area contributed by atoms with Gasteiger partial charge in [-0.25, -0.2) is 0 Å². The average Bonchev–Trinajstić information content (AvgIpc) is 2.87. The highest BCUT2D eigenvalue weighted by Gasteiger charge is 2.30. The van der Waals surface area contributed by atoms with E-state index < -0.39 is 0 Å². The highest BCUT2D eigenvalue weighted by Crippen LogP contribution is 2.44. The molecule has 0 spiro atoms. The number of rotatable bonds is 3. The van der Waals surface area contributed by atoms with E-state index in [0.717, 1.165) is 25.7 Å². The number of nitrogens with one attached hydrogen (secondary N) is 1. The number of carbonyl (C=O) groups excluding carboxylic acids is 1. The van der Waals surface area contributed by atoms with Gasteiger partial charge in [0.15, 0.2) is 0 Å². The van der Waals surface area contributed by atoms with Gasteiger partial charge in [0.05, 0.1) is 4.21 Å². The molecule has 1 unspecified atom stereocenters. The van der Waals surface area contributed by atoms with Crippen LogP contribution in [0.15, 0.2) is 15.7 Å². The summed E-state index contributed by atoms with van der Waals surface area (Å²) in [6.45, 7) is 2.31. The second-order valence-corrected chi connectivity index (χ2v) is 8.62. The molecular formula is C15H22N2OS2. The van der Waals surface area contributed by atoms with E-state index in [2.05, 4.69) is 23.7 Å². The third-order valence-corrected chi connectivity index (χ3v) is 6.82. The Hall–Kier alpha value is -0.520. The summed E-state index contributed by atoms with van der Waals surface area (Å²) in [6.07, 6.45) is 5.24. The number of nitrogens with two attached hydrogens (primary N) is 1. The molecular weight excluding hydrogens is 288 g/mol. The first-order valence-electron chi connectivity index (χ1n) is 7.43. The monoisotopic (exact) mass is 310 g/mol. The fourth-order valence-corrected chi connectivity index (χ4v) is 5.90. The molecule has 0 bridgehead atoms. The van der Waals surface area contributed by atoms with Crippen molar-refractivity contribution in [2.45, 2.75) is 60.6 Å². The highest BCUT2D eigenvalue weighted by molar-refractivity contribution is 8.01. The Morgan fingerprint density at radius 2 is 2.10 bits per heavy atom. The minimum atomic E-state index is -0.119. The van der Waals surface area contributed by atoms with Crippen LogP contribution in [0.4, 0.5) is 0 Å². The Balaban J connectivity index is 1.61. The average molecular weight is 310 g/mol. The first kappa shape index (κ1) is 14.4. The number of thioether (sulfide) groups is 1. The van der Waals surface area contributed by atoms with Crippen LogP contribution in [0.3, 0.4) is 0 Å². The molecule has 1 amide bonds. The maximum atomic E-state index is 11.2. The van der Waals surface area contributed by atoms with Crippen molar-refractivity contribution in [3.05, 3.63) is 17.0 Å². The first-order valence-corrected chi connectivity index (χ1v) is 9.19. The molecule has 0 aromatic carbocycles. The molecule has 0 saturated heterocycles. The number of thiophene rings is 1. The second-order valence-electron chi connectivity index (χ2n) is 6.00. The van der Waals surface area contributed by atoms with Crippen LogP contribution in [0, 0.1) is 5.92 Å². The number of hydrogen-bond acceptors (Lipinski definition) is 4. The lowest BCUT2D eigenvalue weighted by Gasteiger charge is -2.34. The van der Waals surface area contributed by atoms with Crippen LogP contribution in [0.2, 0.25) is 0 Å². The number of fused-ring (bicyclic) bond motifs is 1. The largest absolute Gasteiger partial charge is 0.369 e. The topological polar surface area (TPSA) is 55.1 Å². The molecule has 2 heterocycles. The minimum absolute atomic E-state index is 0.102. The van der Waals surface area contributed by atoms with Crippen molar-refractivity contribution in [3.63, 3.8) is 0 Å². The Morgan fingerprint density at radius 1 is 1.35 bits per heavy atom. The predicted octanol–water partition coefficient (Wildman–Crippen LogP) is 3.31. The summed E-state index contributed by atoms with van der Waals surface area (Å²) >= 11 is 3.87. The molecule has 2 atom stereocenters. The van der Waals surface area contributed by atoms with Gasteiger partial charge in [-0.05, 0) is 49.1 Å². The highest BCUT2D eigenvalue weighted by atomic mass is 32.2. The Bertz CT molecular complexity index is 480. The molecule has 3 N–H and O–H groups in total. The fraction of sp³-hybridized carbons (Fsp3) is 0.667. The molecule has 2 aliphatic rings. The van der Waals surface area contributed by atoms with Crippen molar-refractivity contribution < 1.29 is 4.79 Å². The van der Waals surface area contributed by atoms with E-state index in [1.807, 2.05) is 23.1 Å². The van der Waals surface area contributed by atoms with Gasteiger partial charge in [0.1, 0.15) is 0 Å². The van der Waals surface area contributed by atoms with E-state index in [0.29, 0.717) is 17.3 Å². The zero-order chi connectivity index (χ0) is 14.1. The van der Waals surface area contributed by atoms with Crippen LogP contribution in [-0.4, -0.2) is 17.2 Å². The van der Waals surface area contributed by atoms with Crippen LogP contribution < -0.4 is 11.1 Å². The zero-order valence-electron chi connectivity index (χ0n) is 11.8. The molecule has 5 heteroatoms. The maximum absolute atomic E-state index is 11.2. The van der Waals surface area contributed by atoms with E-state index in [9.17, 15) is 4.79 Å². The number of hydrogen-bond donors (Lipinski definition) is 2. The summed E-state index contributed by atoms with van der Waals surface area (Å²) in [6, 6.07) is 3.30. The summed E-state index contributed by atoms with van der Waals surface area (Å²) in [5.41, 5.74) is 6.89. The normalized spacial score (nSPS) is 33.6. The van der Waals surface area contributed by atoms with Gasteiger partial charge in [-0.3, -0.25) is 4.79 Å². The van der Waals surface area contributed by atoms with Crippen LogP contribution >= 0.6 is 23.1 Å². The molecule has 1 aromatic rings. The second kappa shape index (κ2) is 6.08. The molecule has 20 heavy (non-hydrogen) atoms. The van der Waals surface area contributed by atoms with Crippen LogP contribution in [0.5, 0.6) is 0 Å². The third kappa shape index (κ3) is 3.05. The standard InChI is InChI=1S/C15H22N2OS2/c1-9-8-13(12-6-7-19-15(12)20-9)17-11-4-2-10(3-5-11)14(16)18/h6-7,9-11,13,17H,2-5,8H2,1H3,(H2,16,18)/t9-,10?,11?,13?/m0/s1. The molecule has 1 fully saturated rings. The number of primary amides is 1. The van der Waals surface area contributed by atoms with Gasteiger partial charge in [-0.1, -0.05) is 6.92 Å². The lowest BCUT2D eigenvalue weighted by Crippen LogP contribution is -2.39. The number of amides is 1. The molecule has 3 nitrogen and oxygen atoms in total. The Kier molecular flexibility index (Phi) is 4.38. The van der Waals surface area contributed by atoms with Crippen molar-refractivity contribution in [3.8, 4) is 0 Å². The van der Waals surface area contributed by atoms with Crippen LogP contribution in [-0.2, 0) is 4.79 Å². The van der Waals surface area contributed by atoms with Gasteiger partial charge in [-0.15, -0.1) is 23.1 Å². The number of carbonyl (C=O) groups is 1. The first-order chi connectivity index (χ1) is 9.63. The SMILES string of the molecule is C[C@H]1CC(NC2CCC(C(N)=O)CC2)c2ccsc2S1. The maximum Gasteiger partial charge on any atom is 0.220 e. The molecule has 1 aliphatic heterocycles. The van der Waals surface area contributed by atoms with Gasteiger partial charge < -0.3 is 11.1 Å². The molecule has 3 rings (SSSR count). The van der Waals surface area contributed by atoms with E-state index in [1.54, 1.807) is 0 Å². The van der Waals surface area contributed by atoms with E-state index >= 15 is 0 Å². The summed E-state index contributed by atoms with van der Waals surface area (Å²) in [7, 11) is 0. The van der Waals surface area contributed by atoms with Crippen molar-refractivity contribution in [2.24, 2.45) is 11.7 Å². The quantitative estimate of drug-likeness (QED) is 0.900. The van der Waals surface area contributed by atoms with E-state index in [4.69, 9.17) is 5.73 Å². The van der Waals surface area contributed by atoms with Crippen molar-refractivity contribution in [1.29, 1.82) is 0 Å². The fourth-order valence-electron chi connectivity index (χ4n) is 3.34. The van der Waals surface area contributed by atoms with Crippen LogP contribution in [0.25, 0.3) is 0 Å². The summed E-state index contributed by atoms with van der Waals surface area (Å²) in [5, 5.41) is 6.72. The minimum Gasteiger partial charge on any atom is -0.369 e. The molecule has 1 saturated carbocycles. The smallest absolute Gasteiger partial charge is 0.220 e. The molecule has 0 radical (unpaired) electrons. The van der Waals surface area contributed by atoms with Crippen LogP contribution in [0.1, 0.15) is 50.6 Å². The Labute approximate surface area is 128 Å². The zero-order valence-corrected chi connectivity index (χ0v) is 13.4. The van der Waals surface area contributed by atoms with Crippen molar-refractivity contribution in [2.75, 3.05) is 0 Å².